The number of ether oxygens (including phenoxy) is 2. The van der Waals surface area contributed by atoms with Crippen LogP contribution in [0.4, 0.5) is 0 Å². The lowest BCUT2D eigenvalue weighted by Crippen LogP contribution is -2.35. The largest absolute Gasteiger partial charge is 0.486 e. The Bertz CT molecular complexity index is 474. The Morgan fingerprint density at radius 1 is 1.37 bits per heavy atom. The van der Waals surface area contributed by atoms with Crippen LogP contribution in [-0.4, -0.2) is 31.0 Å². The molecule has 0 saturated heterocycles. The molecule has 0 saturated carbocycles. The molecule has 1 aromatic rings. The smallest absolute Gasteiger partial charge is 0.255 e. The highest BCUT2D eigenvalue weighted by atomic mass is 79.9. The number of fused-ring (bicyclic) bond motifs is 1. The normalized spacial score (nSPS) is 14.1. The summed E-state index contributed by atoms with van der Waals surface area (Å²) in [4.78, 5) is 12.2. The number of amides is 1. The standard InChI is InChI=1S/C14H18BrNO3/c1-14(2,8-15)9-16-13(17)10-4-3-5-11-12(10)19-7-6-18-11/h3-5H,6-9H2,1-2H3,(H,16,17). The average Bonchev–Trinajstić information content (AvgIpc) is 2.44. The Labute approximate surface area is 121 Å². The number of halogens is 1. The van der Waals surface area contributed by atoms with Gasteiger partial charge in [0.05, 0.1) is 5.56 Å². The summed E-state index contributed by atoms with van der Waals surface area (Å²) >= 11 is 3.44. The molecule has 0 unspecified atom stereocenters. The van der Waals surface area contributed by atoms with E-state index in [0.29, 0.717) is 36.8 Å². The number of carbonyl (C=O) groups excluding carboxylic acids is 1. The van der Waals surface area contributed by atoms with Gasteiger partial charge in [-0.3, -0.25) is 4.79 Å². The van der Waals surface area contributed by atoms with E-state index in [1.807, 2.05) is 6.07 Å². The zero-order chi connectivity index (χ0) is 13.9. The molecule has 2 rings (SSSR count). The fourth-order valence-corrected chi connectivity index (χ4v) is 1.91. The van der Waals surface area contributed by atoms with Crippen molar-refractivity contribution in [2.24, 2.45) is 5.41 Å². The van der Waals surface area contributed by atoms with Gasteiger partial charge in [-0.05, 0) is 17.5 Å². The summed E-state index contributed by atoms with van der Waals surface area (Å²) in [6.45, 7) is 5.77. The lowest BCUT2D eigenvalue weighted by Gasteiger charge is -2.23. The van der Waals surface area contributed by atoms with Crippen LogP contribution in [0.25, 0.3) is 0 Å². The van der Waals surface area contributed by atoms with Crippen LogP contribution in [0, 0.1) is 5.41 Å². The predicted octanol–water partition coefficient (Wildman–Crippen LogP) is 2.61. The molecule has 1 heterocycles. The van der Waals surface area contributed by atoms with Crippen LogP contribution in [0.2, 0.25) is 0 Å². The van der Waals surface area contributed by atoms with Gasteiger partial charge in [-0.25, -0.2) is 0 Å². The van der Waals surface area contributed by atoms with Crippen LogP contribution in [0.1, 0.15) is 24.2 Å². The fourth-order valence-electron chi connectivity index (χ4n) is 1.71. The van der Waals surface area contributed by atoms with Crippen LogP contribution in [-0.2, 0) is 0 Å². The third-order valence-electron chi connectivity index (χ3n) is 2.90. The van der Waals surface area contributed by atoms with Crippen molar-refractivity contribution in [1.29, 1.82) is 0 Å². The molecule has 0 atom stereocenters. The summed E-state index contributed by atoms with van der Waals surface area (Å²) in [6, 6.07) is 5.37. The third kappa shape index (κ3) is 3.41. The highest BCUT2D eigenvalue weighted by Crippen LogP contribution is 2.33. The zero-order valence-corrected chi connectivity index (χ0v) is 12.7. The minimum absolute atomic E-state index is 0.0157. The molecule has 4 nitrogen and oxygen atoms in total. The van der Waals surface area contributed by atoms with Gasteiger partial charge in [-0.2, -0.15) is 0 Å². The molecule has 1 N–H and O–H groups in total. The van der Waals surface area contributed by atoms with Crippen molar-refractivity contribution in [1.82, 2.24) is 5.32 Å². The highest BCUT2D eigenvalue weighted by molar-refractivity contribution is 9.09. The van der Waals surface area contributed by atoms with E-state index in [-0.39, 0.29) is 11.3 Å². The summed E-state index contributed by atoms with van der Waals surface area (Å²) in [7, 11) is 0. The zero-order valence-electron chi connectivity index (χ0n) is 11.2. The molecular weight excluding hydrogens is 310 g/mol. The van der Waals surface area contributed by atoms with E-state index in [1.165, 1.54) is 0 Å². The van der Waals surface area contributed by atoms with Crippen molar-refractivity contribution >= 4 is 21.8 Å². The van der Waals surface area contributed by atoms with Gasteiger partial charge in [0, 0.05) is 11.9 Å². The first-order chi connectivity index (χ1) is 9.03. The van der Waals surface area contributed by atoms with E-state index in [0.717, 1.165) is 5.33 Å². The lowest BCUT2D eigenvalue weighted by atomic mass is 9.96. The van der Waals surface area contributed by atoms with Crippen LogP contribution < -0.4 is 14.8 Å². The fraction of sp³-hybridized carbons (Fsp3) is 0.500. The van der Waals surface area contributed by atoms with Gasteiger partial charge in [-0.1, -0.05) is 35.8 Å². The molecule has 5 heteroatoms. The highest BCUT2D eigenvalue weighted by Gasteiger charge is 2.22. The topological polar surface area (TPSA) is 47.6 Å². The second-order valence-corrected chi connectivity index (χ2v) is 5.87. The third-order valence-corrected chi connectivity index (χ3v) is 4.42. The summed E-state index contributed by atoms with van der Waals surface area (Å²) in [5, 5.41) is 3.76. The van der Waals surface area contributed by atoms with Gasteiger partial charge in [0.15, 0.2) is 11.5 Å². The van der Waals surface area contributed by atoms with E-state index in [4.69, 9.17) is 9.47 Å². The number of alkyl halides is 1. The summed E-state index contributed by atoms with van der Waals surface area (Å²) in [6.07, 6.45) is 0. The van der Waals surface area contributed by atoms with Crippen molar-refractivity contribution in [2.45, 2.75) is 13.8 Å². The first-order valence-electron chi connectivity index (χ1n) is 6.26. The molecule has 104 valence electrons. The Morgan fingerprint density at radius 3 is 2.84 bits per heavy atom. The molecule has 1 aliphatic heterocycles. The van der Waals surface area contributed by atoms with Gasteiger partial charge in [0.2, 0.25) is 0 Å². The van der Waals surface area contributed by atoms with E-state index in [1.54, 1.807) is 12.1 Å². The molecule has 0 aliphatic carbocycles. The van der Waals surface area contributed by atoms with Crippen LogP contribution in [0.5, 0.6) is 11.5 Å². The molecule has 0 aromatic heterocycles. The molecule has 1 aromatic carbocycles. The van der Waals surface area contributed by atoms with Gasteiger partial charge in [0.25, 0.3) is 5.91 Å². The molecule has 0 spiro atoms. The van der Waals surface area contributed by atoms with Crippen molar-refractivity contribution in [3.8, 4) is 11.5 Å². The first-order valence-corrected chi connectivity index (χ1v) is 7.38. The van der Waals surface area contributed by atoms with Crippen molar-refractivity contribution in [3.05, 3.63) is 23.8 Å². The predicted molar refractivity (Wildman–Crippen MR) is 77.3 cm³/mol. The summed E-state index contributed by atoms with van der Waals surface area (Å²) in [5.74, 6) is 1.05. The molecule has 19 heavy (non-hydrogen) atoms. The minimum Gasteiger partial charge on any atom is -0.486 e. The second-order valence-electron chi connectivity index (χ2n) is 5.31. The van der Waals surface area contributed by atoms with Crippen molar-refractivity contribution in [3.63, 3.8) is 0 Å². The Kier molecular flexibility index (Phi) is 4.34. The number of carbonyl (C=O) groups is 1. The maximum absolute atomic E-state index is 12.2. The summed E-state index contributed by atoms with van der Waals surface area (Å²) in [5.41, 5.74) is 0.546. The lowest BCUT2D eigenvalue weighted by molar-refractivity contribution is 0.0929. The van der Waals surface area contributed by atoms with Gasteiger partial charge < -0.3 is 14.8 Å². The average molecular weight is 328 g/mol. The van der Waals surface area contributed by atoms with E-state index < -0.39 is 0 Å². The number of nitrogens with one attached hydrogen (secondary N) is 1. The van der Waals surface area contributed by atoms with Crippen LogP contribution in [0.15, 0.2) is 18.2 Å². The Morgan fingerprint density at radius 2 is 2.11 bits per heavy atom. The van der Waals surface area contributed by atoms with E-state index in [2.05, 4.69) is 35.1 Å². The second kappa shape index (κ2) is 5.82. The summed E-state index contributed by atoms with van der Waals surface area (Å²) < 4.78 is 11.0. The molecule has 1 amide bonds. The Hall–Kier alpha value is -1.23. The van der Waals surface area contributed by atoms with E-state index in [9.17, 15) is 4.79 Å². The number of para-hydroxylation sites is 1. The molecule has 1 aliphatic rings. The number of hydrogen-bond acceptors (Lipinski definition) is 3. The monoisotopic (exact) mass is 327 g/mol. The van der Waals surface area contributed by atoms with Gasteiger partial charge in [0.1, 0.15) is 13.2 Å². The molecule has 0 radical (unpaired) electrons. The number of benzene rings is 1. The van der Waals surface area contributed by atoms with Gasteiger partial charge in [-0.15, -0.1) is 0 Å². The van der Waals surface area contributed by atoms with Gasteiger partial charge >= 0.3 is 0 Å². The van der Waals surface area contributed by atoms with Crippen molar-refractivity contribution in [2.75, 3.05) is 25.1 Å². The maximum atomic E-state index is 12.2. The number of rotatable bonds is 4. The van der Waals surface area contributed by atoms with Crippen LogP contribution in [0.3, 0.4) is 0 Å². The maximum Gasteiger partial charge on any atom is 0.255 e. The molecular formula is C14H18BrNO3. The minimum atomic E-state index is -0.128. The van der Waals surface area contributed by atoms with Crippen LogP contribution >= 0.6 is 15.9 Å². The Balaban J connectivity index is 2.11. The SMILES string of the molecule is CC(C)(CBr)CNC(=O)c1cccc2c1OCCO2. The molecule has 0 bridgehead atoms. The quantitative estimate of drug-likeness (QED) is 0.865. The number of hydrogen-bond donors (Lipinski definition) is 1. The first kappa shape index (κ1) is 14.2. The van der Waals surface area contributed by atoms with E-state index >= 15 is 0 Å². The molecule has 0 fully saturated rings. The van der Waals surface area contributed by atoms with Crippen molar-refractivity contribution < 1.29 is 14.3 Å².